The van der Waals surface area contributed by atoms with Crippen LogP contribution in [0.1, 0.15) is 68.6 Å². The molecule has 1 aliphatic heterocycles. The second-order valence-electron chi connectivity index (χ2n) is 8.55. The molecular weight excluding hydrogens is 370 g/mol. The van der Waals surface area contributed by atoms with Crippen LogP contribution in [0.4, 0.5) is 4.79 Å². The van der Waals surface area contributed by atoms with Gasteiger partial charge in [0.15, 0.2) is 0 Å². The standard InChI is InChI=1S/C22H27N3O4/c1-13(2)16-11-17-15(12-29-18(17)9-14(16)3)10-19(26)24-25-20(27)22(23-21(25)28)7-5-4-6-8-22/h9,11-13H,4-8,10H2,1-3H3,(H,23,28)(H,24,26). The number of rotatable bonds is 4. The number of furan rings is 1. The maximum Gasteiger partial charge on any atom is 0.344 e. The van der Waals surface area contributed by atoms with Gasteiger partial charge in [0.2, 0.25) is 5.91 Å². The topological polar surface area (TPSA) is 91.7 Å². The molecule has 2 fully saturated rings. The van der Waals surface area contributed by atoms with Gasteiger partial charge in [-0.1, -0.05) is 33.1 Å². The molecule has 154 valence electrons. The van der Waals surface area contributed by atoms with Crippen LogP contribution in [0, 0.1) is 6.92 Å². The summed E-state index contributed by atoms with van der Waals surface area (Å²) in [5, 5.41) is 4.52. The molecule has 1 spiro atoms. The lowest BCUT2D eigenvalue weighted by atomic mass is 9.82. The molecule has 4 rings (SSSR count). The average molecular weight is 397 g/mol. The van der Waals surface area contributed by atoms with Crippen LogP contribution in [0.2, 0.25) is 0 Å². The van der Waals surface area contributed by atoms with Gasteiger partial charge in [-0.05, 0) is 48.9 Å². The van der Waals surface area contributed by atoms with E-state index in [9.17, 15) is 14.4 Å². The van der Waals surface area contributed by atoms with E-state index in [0.717, 1.165) is 46.4 Å². The van der Waals surface area contributed by atoms with Gasteiger partial charge in [0, 0.05) is 10.9 Å². The molecule has 2 N–H and O–H groups in total. The molecule has 4 amide bonds. The average Bonchev–Trinajstić information content (AvgIpc) is 3.15. The van der Waals surface area contributed by atoms with Gasteiger partial charge in [0.1, 0.15) is 11.1 Å². The lowest BCUT2D eigenvalue weighted by Crippen LogP contribution is -2.51. The quantitative estimate of drug-likeness (QED) is 0.770. The Kier molecular flexibility index (Phi) is 4.84. The first-order valence-corrected chi connectivity index (χ1v) is 10.3. The first-order valence-electron chi connectivity index (χ1n) is 10.3. The highest BCUT2D eigenvalue weighted by molar-refractivity contribution is 6.08. The third kappa shape index (κ3) is 3.39. The summed E-state index contributed by atoms with van der Waals surface area (Å²) in [6.45, 7) is 6.29. The van der Waals surface area contributed by atoms with Crippen LogP contribution in [0.25, 0.3) is 11.0 Å². The highest BCUT2D eigenvalue weighted by atomic mass is 16.3. The number of fused-ring (bicyclic) bond motifs is 1. The number of hydrogen-bond donors (Lipinski definition) is 2. The Bertz CT molecular complexity index is 985. The number of hydrazine groups is 1. The van der Waals surface area contributed by atoms with Crippen molar-refractivity contribution in [3.63, 3.8) is 0 Å². The molecular formula is C22H27N3O4. The Morgan fingerprint density at radius 2 is 1.97 bits per heavy atom. The van der Waals surface area contributed by atoms with Crippen molar-refractivity contribution >= 4 is 28.8 Å². The fourth-order valence-electron chi connectivity index (χ4n) is 4.56. The minimum Gasteiger partial charge on any atom is -0.464 e. The molecule has 0 bridgehead atoms. The number of benzene rings is 1. The zero-order valence-corrected chi connectivity index (χ0v) is 17.1. The second kappa shape index (κ2) is 7.21. The lowest BCUT2D eigenvalue weighted by Gasteiger charge is -2.30. The minimum absolute atomic E-state index is 0.0255. The first-order chi connectivity index (χ1) is 13.8. The number of urea groups is 1. The maximum atomic E-state index is 12.8. The van der Waals surface area contributed by atoms with Crippen molar-refractivity contribution < 1.29 is 18.8 Å². The van der Waals surface area contributed by atoms with Crippen LogP contribution >= 0.6 is 0 Å². The van der Waals surface area contributed by atoms with Gasteiger partial charge in [0.25, 0.3) is 5.91 Å². The summed E-state index contributed by atoms with van der Waals surface area (Å²) < 4.78 is 5.63. The zero-order chi connectivity index (χ0) is 20.8. The van der Waals surface area contributed by atoms with Crippen molar-refractivity contribution in [1.82, 2.24) is 15.8 Å². The van der Waals surface area contributed by atoms with Gasteiger partial charge >= 0.3 is 6.03 Å². The molecule has 1 aromatic carbocycles. The van der Waals surface area contributed by atoms with Gasteiger partial charge in [-0.15, -0.1) is 0 Å². The van der Waals surface area contributed by atoms with Crippen molar-refractivity contribution in [2.45, 2.75) is 70.8 Å². The highest BCUT2D eigenvalue weighted by Gasteiger charge is 2.52. The fraction of sp³-hybridized carbons (Fsp3) is 0.500. The van der Waals surface area contributed by atoms with E-state index in [1.165, 1.54) is 5.56 Å². The van der Waals surface area contributed by atoms with E-state index < -0.39 is 17.5 Å². The van der Waals surface area contributed by atoms with Crippen molar-refractivity contribution in [2.24, 2.45) is 0 Å². The summed E-state index contributed by atoms with van der Waals surface area (Å²) in [6.07, 6.45) is 5.68. The van der Waals surface area contributed by atoms with Crippen LogP contribution in [-0.2, 0) is 16.0 Å². The molecule has 1 aromatic heterocycles. The molecule has 7 nitrogen and oxygen atoms in total. The molecule has 2 heterocycles. The molecule has 1 saturated carbocycles. The van der Waals surface area contributed by atoms with Gasteiger partial charge in [-0.25, -0.2) is 4.79 Å². The highest BCUT2D eigenvalue weighted by Crippen LogP contribution is 2.33. The predicted molar refractivity (Wildman–Crippen MR) is 108 cm³/mol. The number of nitrogens with one attached hydrogen (secondary N) is 2. The molecule has 29 heavy (non-hydrogen) atoms. The number of hydrogen-bond acceptors (Lipinski definition) is 4. The van der Waals surface area contributed by atoms with E-state index in [1.54, 1.807) is 6.26 Å². The number of amides is 4. The molecule has 2 aliphatic rings. The van der Waals surface area contributed by atoms with Crippen LogP contribution in [0.3, 0.4) is 0 Å². The number of carbonyl (C=O) groups excluding carboxylic acids is 3. The maximum absolute atomic E-state index is 12.8. The zero-order valence-electron chi connectivity index (χ0n) is 17.1. The largest absolute Gasteiger partial charge is 0.464 e. The monoisotopic (exact) mass is 397 g/mol. The Morgan fingerprint density at radius 1 is 1.24 bits per heavy atom. The summed E-state index contributed by atoms with van der Waals surface area (Å²) >= 11 is 0. The first kappa shape index (κ1) is 19.5. The molecule has 7 heteroatoms. The van der Waals surface area contributed by atoms with Crippen molar-refractivity contribution in [1.29, 1.82) is 0 Å². The van der Waals surface area contributed by atoms with Gasteiger partial charge in [-0.2, -0.15) is 5.01 Å². The van der Waals surface area contributed by atoms with E-state index in [4.69, 9.17) is 4.42 Å². The minimum atomic E-state index is -0.853. The summed E-state index contributed by atoms with van der Waals surface area (Å²) in [5.74, 6) is -0.422. The smallest absolute Gasteiger partial charge is 0.344 e. The summed E-state index contributed by atoms with van der Waals surface area (Å²) in [4.78, 5) is 37.8. The Balaban J connectivity index is 1.51. The summed E-state index contributed by atoms with van der Waals surface area (Å²) in [7, 11) is 0. The second-order valence-corrected chi connectivity index (χ2v) is 8.55. The Labute approximate surface area is 169 Å². The van der Waals surface area contributed by atoms with E-state index in [1.807, 2.05) is 13.0 Å². The van der Waals surface area contributed by atoms with E-state index in [0.29, 0.717) is 18.8 Å². The molecule has 0 unspecified atom stereocenters. The summed E-state index contributed by atoms with van der Waals surface area (Å²) in [5.41, 5.74) is 5.45. The van der Waals surface area contributed by atoms with Gasteiger partial charge < -0.3 is 9.73 Å². The molecule has 2 aromatic rings. The SMILES string of the molecule is Cc1cc2occ(CC(=O)NN3C(=O)NC4(CCCCC4)C3=O)c2cc1C(C)C. The van der Waals surface area contributed by atoms with E-state index >= 15 is 0 Å². The van der Waals surface area contributed by atoms with Crippen molar-refractivity contribution in [3.8, 4) is 0 Å². The number of aryl methyl sites for hydroxylation is 1. The van der Waals surface area contributed by atoms with Crippen LogP contribution < -0.4 is 10.7 Å². The Hall–Kier alpha value is -2.83. The Morgan fingerprint density at radius 3 is 2.66 bits per heavy atom. The third-order valence-electron chi connectivity index (χ3n) is 6.12. The van der Waals surface area contributed by atoms with E-state index in [2.05, 4.69) is 30.7 Å². The van der Waals surface area contributed by atoms with Gasteiger partial charge in [-0.3, -0.25) is 15.0 Å². The third-order valence-corrected chi connectivity index (χ3v) is 6.12. The normalized spacial score (nSPS) is 18.7. The van der Waals surface area contributed by atoms with Crippen LogP contribution in [0.15, 0.2) is 22.8 Å². The van der Waals surface area contributed by atoms with E-state index in [-0.39, 0.29) is 12.3 Å². The van der Waals surface area contributed by atoms with Crippen molar-refractivity contribution in [2.75, 3.05) is 0 Å². The number of carbonyl (C=O) groups is 3. The predicted octanol–water partition coefficient (Wildman–Crippen LogP) is 3.69. The van der Waals surface area contributed by atoms with Crippen LogP contribution in [0.5, 0.6) is 0 Å². The molecule has 1 aliphatic carbocycles. The number of imide groups is 1. The molecule has 0 radical (unpaired) electrons. The number of nitrogens with zero attached hydrogens (tertiary/aromatic N) is 1. The lowest BCUT2D eigenvalue weighted by molar-refractivity contribution is -0.139. The molecule has 1 saturated heterocycles. The molecule has 0 atom stereocenters. The fourth-order valence-corrected chi connectivity index (χ4v) is 4.56. The summed E-state index contributed by atoms with van der Waals surface area (Å²) in [6, 6.07) is 3.49. The van der Waals surface area contributed by atoms with Crippen molar-refractivity contribution in [3.05, 3.63) is 35.1 Å². The van der Waals surface area contributed by atoms with Gasteiger partial charge in [0.05, 0.1) is 12.7 Å². The van der Waals surface area contributed by atoms with Crippen LogP contribution in [-0.4, -0.2) is 28.4 Å².